The predicted molar refractivity (Wildman–Crippen MR) is 364 cm³/mol. The molecule has 0 aliphatic heterocycles. The zero-order valence-electron chi connectivity index (χ0n) is 44.9. The Balaban J connectivity index is 0.000000160. The normalized spacial score (nSPS) is 11.7. The summed E-state index contributed by atoms with van der Waals surface area (Å²) in [6, 6.07) is 73.0. The van der Waals surface area contributed by atoms with E-state index in [1.165, 1.54) is 7.14 Å². The van der Waals surface area contributed by atoms with Gasteiger partial charge < -0.3 is 13.2 Å². The predicted octanol–water partition coefficient (Wildman–Crippen LogP) is 15.7. The zero-order chi connectivity index (χ0) is 57.2. The highest BCUT2D eigenvalue weighted by atomic mass is 127. The molecule has 0 aliphatic rings. The van der Waals surface area contributed by atoms with Crippen molar-refractivity contribution in [3.8, 4) is 22.3 Å². The molecule has 17 rings (SSSR count). The van der Waals surface area contributed by atoms with Gasteiger partial charge in [0.15, 0.2) is 32.6 Å². The fourth-order valence-corrected chi connectivity index (χ4v) is 13.2. The summed E-state index contributed by atoms with van der Waals surface area (Å²) in [5.41, 5.74) is 11.0. The minimum atomic E-state index is -0.109. The lowest BCUT2D eigenvalue weighted by Crippen LogP contribution is -2.14. The van der Waals surface area contributed by atoms with Crippen LogP contribution >= 0.6 is 45.2 Å². The second-order valence-corrected chi connectivity index (χ2v) is 23.6. The van der Waals surface area contributed by atoms with Crippen LogP contribution in [0.25, 0.3) is 137 Å². The minimum absolute atomic E-state index is 0. The quantitative estimate of drug-likeness (QED) is 0.0967. The van der Waals surface area contributed by atoms with E-state index in [-0.39, 0.29) is 37.3 Å². The van der Waals surface area contributed by atoms with Gasteiger partial charge in [0, 0.05) is 71.8 Å². The van der Waals surface area contributed by atoms with Crippen LogP contribution in [-0.2, 0) is 0 Å². The number of nitrogens with zero attached hydrogens (tertiary/aromatic N) is 3. The Kier molecular flexibility index (Phi) is 12.9. The van der Waals surface area contributed by atoms with Gasteiger partial charge in [-0.15, -0.1) is 0 Å². The lowest BCUT2D eigenvalue weighted by atomic mass is 9.96. The number of aromatic nitrogens is 3. The van der Waals surface area contributed by atoms with Crippen LogP contribution in [0.15, 0.2) is 259 Å². The van der Waals surface area contributed by atoms with E-state index in [0.717, 1.165) is 60.9 Å². The Bertz CT molecular complexity index is 5790. The van der Waals surface area contributed by atoms with Gasteiger partial charge in [-0.1, -0.05) is 103 Å². The molecule has 0 atom stereocenters. The lowest BCUT2D eigenvalue weighted by Gasteiger charge is -2.15. The van der Waals surface area contributed by atoms with Crippen LogP contribution in [0, 0.1) is 14.1 Å². The summed E-state index contributed by atoms with van der Waals surface area (Å²) in [4.78, 5) is 80.6. The van der Waals surface area contributed by atoms with E-state index in [4.69, 9.17) is 0 Å². The van der Waals surface area contributed by atoms with E-state index < -0.39 is 0 Å². The zero-order valence-corrected chi connectivity index (χ0v) is 49.2. The van der Waals surface area contributed by atoms with Gasteiger partial charge in [0.25, 0.3) is 0 Å². The number of fused-ring (bicyclic) bond motifs is 12. The molecule has 0 unspecified atom stereocenters. The number of rotatable bonds is 2. The molecule has 17 aromatic rings. The maximum absolute atomic E-state index is 14.0. The first-order chi connectivity index (χ1) is 40.9. The molecule has 0 amide bonds. The molecular formula is C73H42FI2N3O6. The summed E-state index contributed by atoms with van der Waals surface area (Å²) in [5, 5.41) is 7.00. The van der Waals surface area contributed by atoms with E-state index in [2.05, 4.69) is 73.8 Å². The van der Waals surface area contributed by atoms with Crippen LogP contribution in [0.5, 0.6) is 0 Å². The molecule has 0 N–H and O–H groups in total. The molecule has 0 aliphatic carbocycles. The number of hydrogen-bond donors (Lipinski definition) is 0. The highest BCUT2D eigenvalue weighted by Gasteiger charge is 2.21. The molecule has 11 aromatic carbocycles. The summed E-state index contributed by atoms with van der Waals surface area (Å²) in [7, 11) is 0. The lowest BCUT2D eigenvalue weighted by molar-refractivity contribution is 1.11. The van der Waals surface area contributed by atoms with Gasteiger partial charge in [-0.25, -0.2) is 0 Å². The van der Waals surface area contributed by atoms with Gasteiger partial charge in [0.05, 0.1) is 49.7 Å². The van der Waals surface area contributed by atoms with Crippen molar-refractivity contribution in [3.63, 3.8) is 0 Å². The standard InChI is InChI=1S/C46H24N2O4.C21H13NO2.C6H4I2.FH/c49-43-29-7-1-3-13-37(29)47-39-21-19-27(23-35(39)45(51)33-11-5-9-31(43)41(33)47)25-15-17-26(18-16-25)28-20-22-40-36(24-28)46(52)34-12-6-10-32-42(34)48(40)38-14-4-2-8-30(38)44(32)50;1-12-9-10-18-16(11-12)21(24)15-7-4-6-14-19(15)22(18)17-8-3-2-5-13(17)20(14)23;7-5-1-2-6(8)4-3-5;/h1-24H;2-11H,1H3;1-4H;1H. The second kappa shape index (κ2) is 20.5. The molecule has 0 saturated heterocycles. The van der Waals surface area contributed by atoms with Crippen molar-refractivity contribution in [3.05, 3.63) is 305 Å². The van der Waals surface area contributed by atoms with Crippen LogP contribution in [0.2, 0.25) is 0 Å². The van der Waals surface area contributed by atoms with Crippen molar-refractivity contribution in [2.45, 2.75) is 6.92 Å². The minimum Gasteiger partial charge on any atom is -0.308 e. The maximum atomic E-state index is 14.0. The topological polar surface area (TPSA) is 116 Å². The highest BCUT2D eigenvalue weighted by Crippen LogP contribution is 2.34. The van der Waals surface area contributed by atoms with Crippen LogP contribution < -0.4 is 32.6 Å². The SMILES string of the molecule is Cc1ccc2c(c1)c(=O)c1cccc3c(=O)c4ccccc4n2c31.F.Ic1ccc(I)cc1.O=c1c2ccccc2n2c3ccc(-c4ccc(-c5ccc6c(c5)c(=O)c5cccc7c(=O)c8ccccc8n6c75)cc4)cc3c(=O)c3cccc1c32. The smallest absolute Gasteiger partial charge is 0.197 e. The fourth-order valence-electron chi connectivity index (χ4n) is 12.5. The number of benzene rings is 11. The molecule has 12 heteroatoms. The van der Waals surface area contributed by atoms with Crippen LogP contribution in [0.3, 0.4) is 0 Å². The molecule has 0 radical (unpaired) electrons. The third-order valence-electron chi connectivity index (χ3n) is 16.4. The van der Waals surface area contributed by atoms with Crippen molar-refractivity contribution in [1.29, 1.82) is 0 Å². The molecule has 0 bridgehead atoms. The molecular weight excluding hydrogens is 1290 g/mol. The third kappa shape index (κ3) is 8.28. The summed E-state index contributed by atoms with van der Waals surface area (Å²) in [6.45, 7) is 1.98. The van der Waals surface area contributed by atoms with Crippen LogP contribution in [-0.4, -0.2) is 13.2 Å². The van der Waals surface area contributed by atoms with Crippen molar-refractivity contribution >= 4 is 159 Å². The van der Waals surface area contributed by atoms with Crippen molar-refractivity contribution in [1.82, 2.24) is 13.2 Å². The van der Waals surface area contributed by atoms with Gasteiger partial charge in [-0.05, 0) is 208 Å². The first-order valence-corrected chi connectivity index (χ1v) is 29.3. The van der Waals surface area contributed by atoms with Crippen molar-refractivity contribution < 1.29 is 4.70 Å². The van der Waals surface area contributed by atoms with Gasteiger partial charge in [0.1, 0.15) is 0 Å². The van der Waals surface area contributed by atoms with Crippen LogP contribution in [0.4, 0.5) is 4.70 Å². The van der Waals surface area contributed by atoms with Gasteiger partial charge in [-0.2, -0.15) is 0 Å². The Labute approximate surface area is 507 Å². The summed E-state index contributed by atoms with van der Waals surface area (Å²) < 4.78 is 8.73. The Morgan fingerprint density at radius 1 is 0.247 bits per heavy atom. The average Bonchev–Trinajstić information content (AvgIpc) is 1.50. The monoisotopic (exact) mass is 1330 g/mol. The Morgan fingerprint density at radius 2 is 0.494 bits per heavy atom. The summed E-state index contributed by atoms with van der Waals surface area (Å²) >= 11 is 4.59. The molecule has 9 nitrogen and oxygen atoms in total. The highest BCUT2D eigenvalue weighted by molar-refractivity contribution is 14.1. The number of hydrogen-bond acceptors (Lipinski definition) is 6. The van der Waals surface area contributed by atoms with E-state index in [1.54, 1.807) is 54.6 Å². The van der Waals surface area contributed by atoms with E-state index >= 15 is 0 Å². The maximum Gasteiger partial charge on any atom is 0.197 e. The molecule has 6 heterocycles. The molecule has 0 fully saturated rings. The van der Waals surface area contributed by atoms with E-state index in [1.807, 2.05) is 167 Å². The summed E-state index contributed by atoms with van der Waals surface area (Å²) in [5.74, 6) is 0. The number of aryl methyl sites for hydroxylation is 1. The number of pyridine rings is 6. The number of halogens is 3. The first kappa shape index (κ1) is 53.2. The van der Waals surface area contributed by atoms with Gasteiger partial charge in [0.2, 0.25) is 0 Å². The molecule has 85 heavy (non-hydrogen) atoms. The largest absolute Gasteiger partial charge is 0.308 e. The Morgan fingerprint density at radius 3 is 0.824 bits per heavy atom. The molecule has 0 spiro atoms. The molecule has 406 valence electrons. The Hall–Kier alpha value is -9.77. The van der Waals surface area contributed by atoms with Crippen LogP contribution in [0.1, 0.15) is 5.56 Å². The van der Waals surface area contributed by atoms with Gasteiger partial charge >= 0.3 is 0 Å². The van der Waals surface area contributed by atoms with Crippen molar-refractivity contribution in [2.24, 2.45) is 0 Å². The average molecular weight is 1330 g/mol. The first-order valence-electron chi connectivity index (χ1n) is 27.2. The number of para-hydroxylation sites is 6. The fraction of sp³-hybridized carbons (Fsp3) is 0.0137. The third-order valence-corrected chi connectivity index (χ3v) is 17.8. The van der Waals surface area contributed by atoms with E-state index in [9.17, 15) is 28.8 Å². The van der Waals surface area contributed by atoms with E-state index in [0.29, 0.717) is 81.2 Å². The van der Waals surface area contributed by atoms with Gasteiger partial charge in [-0.3, -0.25) is 33.5 Å². The van der Waals surface area contributed by atoms with Crippen molar-refractivity contribution in [2.75, 3.05) is 0 Å². The molecule has 0 saturated carbocycles. The molecule has 6 aromatic heterocycles. The second-order valence-electron chi connectivity index (χ2n) is 21.1. The summed E-state index contributed by atoms with van der Waals surface area (Å²) in [6.07, 6.45) is 0.